The lowest BCUT2D eigenvalue weighted by molar-refractivity contribution is -0.163. The SMILES string of the molecule is [3H]c1ccc(C2CC(C)(OC)Oc3c2c(=O)oc2cc(N)ccc32)cc1. The molecule has 25 heavy (non-hydrogen) atoms. The lowest BCUT2D eigenvalue weighted by Gasteiger charge is -2.38. The van der Waals surface area contributed by atoms with Gasteiger partial charge in [0.1, 0.15) is 11.3 Å². The number of nitrogens with two attached hydrogens (primary N) is 1. The summed E-state index contributed by atoms with van der Waals surface area (Å²) in [5.74, 6) is -0.686. The van der Waals surface area contributed by atoms with Crippen molar-refractivity contribution in [3.63, 3.8) is 0 Å². The Morgan fingerprint density at radius 3 is 2.80 bits per heavy atom. The number of anilines is 1. The topological polar surface area (TPSA) is 74.7 Å². The van der Waals surface area contributed by atoms with Crippen LogP contribution in [0, 0.1) is 0 Å². The van der Waals surface area contributed by atoms with Gasteiger partial charge in [0.05, 0.1) is 12.3 Å². The third-order valence-corrected chi connectivity index (χ3v) is 4.74. The summed E-state index contributed by atoms with van der Waals surface area (Å²) in [4.78, 5) is 12.8. The minimum Gasteiger partial charge on any atom is -0.461 e. The molecular weight excluding hydrogens is 318 g/mol. The van der Waals surface area contributed by atoms with Crippen molar-refractivity contribution in [2.75, 3.05) is 12.8 Å². The fourth-order valence-electron chi connectivity index (χ4n) is 3.39. The van der Waals surface area contributed by atoms with Crippen molar-refractivity contribution in [3.05, 3.63) is 70.1 Å². The zero-order chi connectivity index (χ0) is 18.5. The van der Waals surface area contributed by atoms with Gasteiger partial charge in [-0.15, -0.1) is 0 Å². The van der Waals surface area contributed by atoms with E-state index in [2.05, 4.69) is 0 Å². The molecule has 2 N–H and O–H groups in total. The molecule has 5 nitrogen and oxygen atoms in total. The molecule has 0 radical (unpaired) electrons. The van der Waals surface area contributed by atoms with Crippen molar-refractivity contribution in [2.24, 2.45) is 0 Å². The second-order valence-corrected chi connectivity index (χ2v) is 6.42. The molecule has 4 rings (SSSR count). The highest BCUT2D eigenvalue weighted by atomic mass is 16.7. The Morgan fingerprint density at radius 2 is 2.08 bits per heavy atom. The number of methoxy groups -OCH3 is 1. The van der Waals surface area contributed by atoms with Crippen LogP contribution >= 0.6 is 0 Å². The van der Waals surface area contributed by atoms with Crippen LogP contribution in [0.25, 0.3) is 11.0 Å². The predicted octanol–water partition coefficient (Wildman–Crippen LogP) is 3.65. The smallest absolute Gasteiger partial charge is 0.343 e. The van der Waals surface area contributed by atoms with Crippen molar-refractivity contribution in [2.45, 2.75) is 25.0 Å². The average Bonchev–Trinajstić information content (AvgIpc) is 2.61. The number of benzene rings is 2. The van der Waals surface area contributed by atoms with Gasteiger partial charge < -0.3 is 19.6 Å². The molecule has 5 heteroatoms. The third-order valence-electron chi connectivity index (χ3n) is 4.74. The summed E-state index contributed by atoms with van der Waals surface area (Å²) in [6, 6.07) is 12.7. The van der Waals surface area contributed by atoms with Crippen LogP contribution in [0.2, 0.25) is 0 Å². The average molecular weight is 339 g/mol. The van der Waals surface area contributed by atoms with Gasteiger partial charge in [-0.05, 0) is 17.7 Å². The molecule has 0 saturated heterocycles. The molecule has 0 spiro atoms. The summed E-state index contributed by atoms with van der Waals surface area (Å²) in [5, 5.41) is 0.680. The summed E-state index contributed by atoms with van der Waals surface area (Å²) in [6.07, 6.45) is 0.457. The van der Waals surface area contributed by atoms with E-state index in [9.17, 15) is 4.79 Å². The Labute approximate surface area is 146 Å². The first-order valence-electron chi connectivity index (χ1n) is 8.57. The van der Waals surface area contributed by atoms with Gasteiger partial charge in [-0.3, -0.25) is 0 Å². The van der Waals surface area contributed by atoms with Crippen molar-refractivity contribution >= 4 is 16.7 Å². The van der Waals surface area contributed by atoms with E-state index in [1.807, 2.05) is 19.1 Å². The highest BCUT2D eigenvalue weighted by Gasteiger charge is 2.41. The second-order valence-electron chi connectivity index (χ2n) is 6.42. The van der Waals surface area contributed by atoms with E-state index in [4.69, 9.17) is 21.0 Å². The molecule has 2 heterocycles. The lowest BCUT2D eigenvalue weighted by atomic mass is 9.83. The quantitative estimate of drug-likeness (QED) is 0.570. The molecule has 2 aromatic carbocycles. The summed E-state index contributed by atoms with van der Waals surface area (Å²) >= 11 is 0. The standard InChI is InChI=1S/C20H19NO4/c1-20(23-2)11-15(12-6-4-3-5-7-12)17-18(25-20)14-9-8-13(21)10-16(14)24-19(17)22/h3-10,15H,11,21H2,1-2H3/i3T. The number of nitrogen functional groups attached to an aromatic ring is 1. The van der Waals surface area contributed by atoms with Gasteiger partial charge in [0, 0.05) is 38.1 Å². The molecule has 1 aromatic heterocycles. The largest absolute Gasteiger partial charge is 0.461 e. The Balaban J connectivity index is 2.00. The Kier molecular flexibility index (Phi) is 3.28. The number of fused-ring (bicyclic) bond motifs is 3. The van der Waals surface area contributed by atoms with E-state index in [1.165, 1.54) is 0 Å². The Hall–Kier alpha value is -2.79. The summed E-state index contributed by atoms with van der Waals surface area (Å²) in [5.41, 5.74) is 7.64. The van der Waals surface area contributed by atoms with Crippen LogP contribution in [0.4, 0.5) is 5.69 Å². The first kappa shape index (κ1) is 14.5. The van der Waals surface area contributed by atoms with Crippen LogP contribution in [0.15, 0.2) is 57.7 Å². The molecule has 0 bridgehead atoms. The number of rotatable bonds is 2. The van der Waals surface area contributed by atoms with Crippen LogP contribution in [-0.4, -0.2) is 12.9 Å². The molecule has 2 atom stereocenters. The van der Waals surface area contributed by atoms with E-state index < -0.39 is 11.4 Å². The molecule has 0 fully saturated rings. The molecule has 0 aliphatic carbocycles. The molecule has 0 amide bonds. The van der Waals surface area contributed by atoms with E-state index in [1.54, 1.807) is 37.4 Å². The number of ether oxygens (including phenoxy) is 2. The minimum atomic E-state index is -0.889. The highest BCUT2D eigenvalue weighted by Crippen LogP contribution is 2.46. The van der Waals surface area contributed by atoms with Crippen LogP contribution in [-0.2, 0) is 4.74 Å². The monoisotopic (exact) mass is 339 g/mol. The Morgan fingerprint density at radius 1 is 1.32 bits per heavy atom. The van der Waals surface area contributed by atoms with Crippen LogP contribution in [0.5, 0.6) is 5.75 Å². The van der Waals surface area contributed by atoms with Gasteiger partial charge in [-0.25, -0.2) is 4.79 Å². The van der Waals surface area contributed by atoms with Crippen molar-refractivity contribution in [1.29, 1.82) is 0 Å². The summed E-state index contributed by atoms with van der Waals surface area (Å²) in [7, 11) is 1.58. The van der Waals surface area contributed by atoms with Gasteiger partial charge >= 0.3 is 5.63 Å². The van der Waals surface area contributed by atoms with Gasteiger partial charge in [0.25, 0.3) is 0 Å². The molecular formula is C20H19NO4. The van der Waals surface area contributed by atoms with Crippen molar-refractivity contribution < 1.29 is 15.3 Å². The molecule has 3 aromatic rings. The first-order valence-corrected chi connectivity index (χ1v) is 8.07. The lowest BCUT2D eigenvalue weighted by Crippen LogP contribution is -2.41. The molecule has 1 aliphatic rings. The van der Waals surface area contributed by atoms with E-state index in [0.29, 0.717) is 40.4 Å². The maximum atomic E-state index is 12.8. The maximum Gasteiger partial charge on any atom is 0.343 e. The normalized spacial score (nSPS) is 23.0. The zero-order valence-corrected chi connectivity index (χ0v) is 14.0. The van der Waals surface area contributed by atoms with Crippen molar-refractivity contribution in [1.82, 2.24) is 0 Å². The minimum absolute atomic E-state index is 0.262. The molecule has 2 unspecified atom stereocenters. The number of hydrogen-bond donors (Lipinski definition) is 1. The Bertz CT molecular complexity index is 1040. The van der Waals surface area contributed by atoms with Crippen molar-refractivity contribution in [3.8, 4) is 5.75 Å². The van der Waals surface area contributed by atoms with Crippen LogP contribution in [0.3, 0.4) is 0 Å². The fraction of sp³-hybridized carbons (Fsp3) is 0.250. The van der Waals surface area contributed by atoms with Gasteiger partial charge in [0.2, 0.25) is 5.79 Å². The zero-order valence-electron chi connectivity index (χ0n) is 15.0. The predicted molar refractivity (Wildman–Crippen MR) is 95.8 cm³/mol. The molecule has 128 valence electrons. The van der Waals surface area contributed by atoms with E-state index >= 15 is 0 Å². The highest BCUT2D eigenvalue weighted by molar-refractivity contribution is 5.87. The van der Waals surface area contributed by atoms with Gasteiger partial charge in [-0.2, -0.15) is 0 Å². The molecule has 0 saturated carbocycles. The third kappa shape index (κ3) is 2.57. The van der Waals surface area contributed by atoms with Crippen LogP contribution < -0.4 is 16.1 Å². The second kappa shape index (κ2) is 5.63. The van der Waals surface area contributed by atoms with Crippen LogP contribution in [0.1, 0.15) is 31.8 Å². The van der Waals surface area contributed by atoms with E-state index in [-0.39, 0.29) is 5.92 Å². The van der Waals surface area contributed by atoms with Gasteiger partial charge in [-0.1, -0.05) is 30.3 Å². The fourth-order valence-corrected chi connectivity index (χ4v) is 3.39. The van der Waals surface area contributed by atoms with E-state index in [0.717, 1.165) is 5.56 Å². The summed E-state index contributed by atoms with van der Waals surface area (Å²) < 4.78 is 24.9. The molecule has 1 aliphatic heterocycles. The first-order chi connectivity index (χ1) is 12.4. The van der Waals surface area contributed by atoms with Gasteiger partial charge in [0.15, 0.2) is 0 Å². The summed E-state index contributed by atoms with van der Waals surface area (Å²) in [6.45, 7) is 1.85. The number of hydrogen-bond acceptors (Lipinski definition) is 5. The maximum absolute atomic E-state index is 12.8.